The molecule has 0 atom stereocenters. The molecule has 34 heavy (non-hydrogen) atoms. The number of hydrogen-bond donors (Lipinski definition) is 3. The number of primary amides is 1. The number of carbonyl (C=O) groups excluding carboxylic acids is 4. The van der Waals surface area contributed by atoms with Crippen molar-refractivity contribution in [3.8, 4) is 11.5 Å². The second kappa shape index (κ2) is 11.3. The number of rotatable bonds is 9. The number of esters is 1. The Morgan fingerprint density at radius 2 is 1.94 bits per heavy atom. The highest BCUT2D eigenvalue weighted by Crippen LogP contribution is 2.39. The quantitative estimate of drug-likeness (QED) is 0.208. The summed E-state index contributed by atoms with van der Waals surface area (Å²) in [6.07, 6.45) is 3.77. The van der Waals surface area contributed by atoms with Gasteiger partial charge in [-0.2, -0.15) is 5.10 Å². The largest absolute Gasteiger partial charge is 0.490 e. The molecule has 1 aromatic heterocycles. The third-order valence-corrected chi connectivity index (χ3v) is 5.97. The molecule has 0 spiro atoms. The van der Waals surface area contributed by atoms with Crippen LogP contribution in [0.3, 0.4) is 0 Å². The van der Waals surface area contributed by atoms with Crippen LogP contribution in [0, 0.1) is 0 Å². The molecule has 1 aliphatic rings. The third kappa shape index (κ3) is 5.90. The molecule has 1 aliphatic carbocycles. The van der Waals surface area contributed by atoms with Crippen molar-refractivity contribution in [2.45, 2.75) is 26.2 Å². The molecule has 0 bridgehead atoms. The maximum Gasteiger partial charge on any atom is 0.341 e. The lowest BCUT2D eigenvalue weighted by atomic mass is 10.1. The minimum atomic E-state index is -1.01. The average molecular weight is 489 g/mol. The molecule has 3 rings (SSSR count). The maximum absolute atomic E-state index is 12.3. The molecule has 0 aliphatic heterocycles. The second-order valence-electron chi connectivity index (χ2n) is 7.10. The monoisotopic (exact) mass is 488 g/mol. The number of nitrogens with two attached hydrogens (primary N) is 1. The first-order valence-corrected chi connectivity index (χ1v) is 11.2. The highest BCUT2D eigenvalue weighted by Gasteiger charge is 2.29. The van der Waals surface area contributed by atoms with E-state index in [2.05, 4.69) is 15.8 Å². The van der Waals surface area contributed by atoms with Gasteiger partial charge in [0.15, 0.2) is 18.1 Å². The van der Waals surface area contributed by atoms with E-state index in [1.54, 1.807) is 25.1 Å². The van der Waals surface area contributed by atoms with Crippen molar-refractivity contribution in [3.63, 3.8) is 0 Å². The molecule has 11 nitrogen and oxygen atoms in total. The van der Waals surface area contributed by atoms with E-state index in [1.165, 1.54) is 24.7 Å². The molecule has 2 aromatic rings. The van der Waals surface area contributed by atoms with Crippen LogP contribution in [0.1, 0.15) is 39.7 Å². The Balaban J connectivity index is 1.64. The van der Waals surface area contributed by atoms with Gasteiger partial charge in [0.2, 0.25) is 0 Å². The number of nitrogens with zero attached hydrogens (tertiary/aromatic N) is 1. The summed E-state index contributed by atoms with van der Waals surface area (Å²) in [5, 5.41) is 6.55. The van der Waals surface area contributed by atoms with Crippen molar-refractivity contribution in [2.75, 3.05) is 25.6 Å². The average Bonchev–Trinajstić information content (AvgIpc) is 3.39. The molecule has 12 heteroatoms. The van der Waals surface area contributed by atoms with Gasteiger partial charge in [0.25, 0.3) is 5.91 Å². The lowest BCUT2D eigenvalue weighted by Crippen LogP contribution is -2.32. The number of carbonyl (C=O) groups is 4. The molecule has 0 saturated carbocycles. The standard InChI is InChI=1S/C22H24N4O7S/c1-3-32-15-9-12(7-8-14(15)33-11-17(23)27)10-24-26-20(29)19(28)25-21-18(22(30)31-2)13-5-4-6-16(13)34-21/h7-10H,3-6,11H2,1-2H3,(H2,23,27)(H,25,28)(H,26,29)/b24-10+. The van der Waals surface area contributed by atoms with E-state index in [-0.39, 0.29) is 11.6 Å². The summed E-state index contributed by atoms with van der Waals surface area (Å²) in [7, 11) is 1.27. The van der Waals surface area contributed by atoms with Crippen LogP contribution < -0.4 is 25.9 Å². The van der Waals surface area contributed by atoms with E-state index in [0.29, 0.717) is 29.2 Å². The van der Waals surface area contributed by atoms with E-state index in [1.807, 2.05) is 0 Å². The number of anilines is 1. The summed E-state index contributed by atoms with van der Waals surface area (Å²) < 4.78 is 15.6. The fourth-order valence-electron chi connectivity index (χ4n) is 3.33. The van der Waals surface area contributed by atoms with Gasteiger partial charge in [0.05, 0.1) is 25.5 Å². The van der Waals surface area contributed by atoms with Gasteiger partial charge in [-0.25, -0.2) is 10.2 Å². The predicted octanol–water partition coefficient (Wildman–Crippen LogP) is 1.37. The van der Waals surface area contributed by atoms with Crippen LogP contribution in [0.5, 0.6) is 11.5 Å². The molecular formula is C22H24N4O7S. The molecule has 3 amide bonds. The number of ether oxygens (including phenoxy) is 3. The lowest BCUT2D eigenvalue weighted by molar-refractivity contribution is -0.136. The summed E-state index contributed by atoms with van der Waals surface area (Å²) in [6, 6.07) is 4.77. The number of fused-ring (bicyclic) bond motifs is 1. The minimum Gasteiger partial charge on any atom is -0.490 e. The molecule has 1 aromatic carbocycles. The SMILES string of the molecule is CCOc1cc(/C=N/NC(=O)C(=O)Nc2sc3c(c2C(=O)OC)CCC3)ccc1OCC(N)=O. The maximum atomic E-state index is 12.3. The topological polar surface area (TPSA) is 158 Å². The number of hydrazone groups is 1. The van der Waals surface area contributed by atoms with Crippen molar-refractivity contribution in [1.82, 2.24) is 5.43 Å². The van der Waals surface area contributed by atoms with Crippen LogP contribution in [-0.2, 0) is 32.0 Å². The van der Waals surface area contributed by atoms with E-state index in [4.69, 9.17) is 19.9 Å². The normalized spacial score (nSPS) is 12.2. The van der Waals surface area contributed by atoms with Gasteiger partial charge in [-0.1, -0.05) is 0 Å². The van der Waals surface area contributed by atoms with E-state index >= 15 is 0 Å². The third-order valence-electron chi connectivity index (χ3n) is 4.76. The summed E-state index contributed by atoms with van der Waals surface area (Å²) in [6.45, 7) is 1.83. The van der Waals surface area contributed by atoms with E-state index < -0.39 is 23.7 Å². The summed E-state index contributed by atoms with van der Waals surface area (Å²) in [4.78, 5) is 48.6. The first-order valence-electron chi connectivity index (χ1n) is 10.4. The van der Waals surface area contributed by atoms with Crippen LogP contribution in [0.4, 0.5) is 5.00 Å². The van der Waals surface area contributed by atoms with Crippen LogP contribution in [0.2, 0.25) is 0 Å². The second-order valence-corrected chi connectivity index (χ2v) is 8.21. The van der Waals surface area contributed by atoms with Gasteiger partial charge in [0, 0.05) is 4.88 Å². The number of benzene rings is 1. The smallest absolute Gasteiger partial charge is 0.341 e. The van der Waals surface area contributed by atoms with Gasteiger partial charge in [-0.05, 0) is 55.5 Å². The Labute approximate surface area is 199 Å². The fraction of sp³-hybridized carbons (Fsp3) is 0.318. The number of aryl methyl sites for hydroxylation is 1. The van der Waals surface area contributed by atoms with Crippen molar-refractivity contribution >= 4 is 46.2 Å². The van der Waals surface area contributed by atoms with Crippen molar-refractivity contribution < 1.29 is 33.4 Å². The minimum absolute atomic E-state index is 0.286. The Kier molecular flexibility index (Phi) is 8.19. The zero-order valence-electron chi connectivity index (χ0n) is 18.6. The van der Waals surface area contributed by atoms with Gasteiger partial charge in [-0.3, -0.25) is 14.4 Å². The van der Waals surface area contributed by atoms with E-state index in [0.717, 1.165) is 29.7 Å². The zero-order valence-corrected chi connectivity index (χ0v) is 19.5. The van der Waals surface area contributed by atoms with Gasteiger partial charge in [0.1, 0.15) is 5.00 Å². The number of hydrogen-bond acceptors (Lipinski definition) is 9. The zero-order chi connectivity index (χ0) is 24.7. The highest BCUT2D eigenvalue weighted by molar-refractivity contribution is 7.17. The van der Waals surface area contributed by atoms with Crippen LogP contribution in [-0.4, -0.2) is 50.2 Å². The van der Waals surface area contributed by atoms with Gasteiger partial charge < -0.3 is 25.3 Å². The van der Waals surface area contributed by atoms with E-state index in [9.17, 15) is 19.2 Å². The Hall–Kier alpha value is -3.93. The van der Waals surface area contributed by atoms with Crippen LogP contribution in [0.15, 0.2) is 23.3 Å². The molecule has 4 N–H and O–H groups in total. The van der Waals surface area contributed by atoms with Crippen molar-refractivity contribution in [2.24, 2.45) is 10.8 Å². The Bertz CT molecular complexity index is 1140. The van der Waals surface area contributed by atoms with Crippen molar-refractivity contribution in [3.05, 3.63) is 39.8 Å². The molecule has 0 unspecified atom stereocenters. The predicted molar refractivity (Wildman–Crippen MR) is 124 cm³/mol. The van der Waals surface area contributed by atoms with Crippen LogP contribution in [0.25, 0.3) is 0 Å². The Morgan fingerprint density at radius 3 is 2.65 bits per heavy atom. The summed E-state index contributed by atoms with van der Waals surface area (Å²) >= 11 is 1.27. The van der Waals surface area contributed by atoms with Gasteiger partial charge in [-0.15, -0.1) is 11.3 Å². The molecule has 0 saturated heterocycles. The Morgan fingerprint density at radius 1 is 1.15 bits per heavy atom. The number of thiophene rings is 1. The molecule has 1 heterocycles. The summed E-state index contributed by atoms with van der Waals surface area (Å²) in [5.41, 5.74) is 8.93. The lowest BCUT2D eigenvalue weighted by Gasteiger charge is -2.11. The fourth-order valence-corrected chi connectivity index (χ4v) is 4.60. The number of amides is 3. The van der Waals surface area contributed by atoms with Gasteiger partial charge >= 0.3 is 17.8 Å². The number of methoxy groups -OCH3 is 1. The summed E-state index contributed by atoms with van der Waals surface area (Å²) in [5.74, 6) is -2.47. The highest BCUT2D eigenvalue weighted by atomic mass is 32.1. The van der Waals surface area contributed by atoms with Crippen LogP contribution >= 0.6 is 11.3 Å². The molecule has 0 fully saturated rings. The first kappa shape index (κ1) is 24.7. The molecule has 0 radical (unpaired) electrons. The number of nitrogens with one attached hydrogen (secondary N) is 2. The molecule has 180 valence electrons. The first-order chi connectivity index (χ1) is 16.3. The molecular weight excluding hydrogens is 464 g/mol. The van der Waals surface area contributed by atoms with Crippen molar-refractivity contribution in [1.29, 1.82) is 0 Å².